The topological polar surface area (TPSA) is 48.3 Å². The molecule has 0 atom stereocenters. The van der Waals surface area contributed by atoms with Crippen molar-refractivity contribution >= 4 is 56.4 Å². The number of rotatable bonds is 5. The predicted octanol–water partition coefficient (Wildman–Crippen LogP) is 6.79. The van der Waals surface area contributed by atoms with Crippen LogP contribution in [0.25, 0.3) is 15.8 Å². The molecule has 4 rings (SSSR count). The van der Waals surface area contributed by atoms with Crippen LogP contribution in [0.5, 0.6) is 0 Å². The third-order valence-corrected chi connectivity index (χ3v) is 6.80. The Hall–Kier alpha value is -2.67. The molecule has 0 spiro atoms. The first-order valence-electron chi connectivity index (χ1n) is 9.29. The van der Waals surface area contributed by atoms with Gasteiger partial charge < -0.3 is 9.30 Å². The number of hydrogen-bond donors (Lipinski definition) is 0. The summed E-state index contributed by atoms with van der Waals surface area (Å²) in [6.07, 6.45) is 0. The summed E-state index contributed by atoms with van der Waals surface area (Å²) in [5.41, 5.74) is 2.66. The highest BCUT2D eigenvalue weighted by molar-refractivity contribution is 7.21. The number of halogens is 3. The molecule has 0 aliphatic rings. The standard InChI is InChI=1S/C23H16Cl2FNO3S/c1-12-9-18(13(2)27(12)16-6-4-15(26)5-7-16)19(28)11-30-23(29)22-21(25)17-8-3-14(24)10-20(17)31-22/h3-10H,11H2,1-2H3. The van der Waals surface area contributed by atoms with Gasteiger partial charge in [0.1, 0.15) is 10.7 Å². The quantitative estimate of drug-likeness (QED) is 0.235. The van der Waals surface area contributed by atoms with Gasteiger partial charge in [-0.2, -0.15) is 0 Å². The van der Waals surface area contributed by atoms with Crippen LogP contribution < -0.4 is 0 Å². The van der Waals surface area contributed by atoms with Gasteiger partial charge in [-0.1, -0.05) is 29.3 Å². The number of thiophene rings is 1. The van der Waals surface area contributed by atoms with Gasteiger partial charge in [0.15, 0.2) is 6.61 Å². The highest BCUT2D eigenvalue weighted by Crippen LogP contribution is 2.37. The van der Waals surface area contributed by atoms with Gasteiger partial charge in [0, 0.05) is 37.7 Å². The Labute approximate surface area is 191 Å². The van der Waals surface area contributed by atoms with E-state index in [0.717, 1.165) is 27.4 Å². The number of ether oxygens (including phenoxy) is 1. The number of hydrogen-bond acceptors (Lipinski definition) is 4. The number of Topliss-reactive ketones (excluding diaryl/α,β-unsaturated/α-hetero) is 1. The van der Waals surface area contributed by atoms with Gasteiger partial charge in [-0.05, 0) is 56.3 Å². The fraction of sp³-hybridized carbons (Fsp3) is 0.130. The van der Waals surface area contributed by atoms with Gasteiger partial charge in [0.2, 0.25) is 5.78 Å². The van der Waals surface area contributed by atoms with Crippen molar-refractivity contribution < 1.29 is 18.7 Å². The first-order chi connectivity index (χ1) is 14.8. The minimum absolute atomic E-state index is 0.225. The first-order valence-corrected chi connectivity index (χ1v) is 10.9. The van der Waals surface area contributed by atoms with Crippen LogP contribution >= 0.6 is 34.5 Å². The van der Waals surface area contributed by atoms with Crippen LogP contribution in [0.15, 0.2) is 48.5 Å². The molecule has 0 bridgehead atoms. The van der Waals surface area contributed by atoms with Crippen molar-refractivity contribution in [1.82, 2.24) is 4.57 Å². The SMILES string of the molecule is Cc1cc(C(=O)COC(=O)c2sc3cc(Cl)ccc3c2Cl)c(C)n1-c1ccc(F)cc1. The molecule has 0 aliphatic carbocycles. The van der Waals surface area contributed by atoms with Crippen molar-refractivity contribution in [2.75, 3.05) is 6.61 Å². The lowest BCUT2D eigenvalue weighted by atomic mass is 10.1. The van der Waals surface area contributed by atoms with Crippen LogP contribution in [0.4, 0.5) is 4.39 Å². The van der Waals surface area contributed by atoms with Crippen LogP contribution in [0.1, 0.15) is 31.4 Å². The fourth-order valence-corrected chi connectivity index (χ4v) is 5.16. The van der Waals surface area contributed by atoms with Gasteiger partial charge in [-0.25, -0.2) is 9.18 Å². The number of carbonyl (C=O) groups is 2. The van der Waals surface area contributed by atoms with E-state index in [1.54, 1.807) is 43.3 Å². The van der Waals surface area contributed by atoms with E-state index in [9.17, 15) is 14.0 Å². The summed E-state index contributed by atoms with van der Waals surface area (Å²) in [5.74, 6) is -1.34. The average molecular weight is 476 g/mol. The van der Waals surface area contributed by atoms with E-state index < -0.39 is 12.6 Å². The summed E-state index contributed by atoms with van der Waals surface area (Å²) in [4.78, 5) is 25.5. The molecular weight excluding hydrogens is 460 g/mol. The fourth-order valence-electron chi connectivity index (χ4n) is 3.48. The van der Waals surface area contributed by atoms with Crippen LogP contribution in [-0.2, 0) is 4.74 Å². The molecule has 0 aliphatic heterocycles. The zero-order valence-electron chi connectivity index (χ0n) is 16.5. The molecule has 0 N–H and O–H groups in total. The van der Waals surface area contributed by atoms with Gasteiger partial charge in [-0.15, -0.1) is 11.3 Å². The average Bonchev–Trinajstić information content (AvgIpc) is 3.22. The molecule has 158 valence electrons. The Balaban J connectivity index is 1.53. The molecule has 0 saturated heterocycles. The summed E-state index contributed by atoms with van der Waals surface area (Å²) < 4.78 is 21.1. The summed E-state index contributed by atoms with van der Waals surface area (Å²) in [5, 5.41) is 1.53. The zero-order valence-corrected chi connectivity index (χ0v) is 18.9. The number of fused-ring (bicyclic) bond motifs is 1. The molecule has 0 saturated carbocycles. The van der Waals surface area contributed by atoms with Crippen LogP contribution in [0.2, 0.25) is 10.0 Å². The summed E-state index contributed by atoms with van der Waals surface area (Å²) >= 11 is 13.5. The third-order valence-electron chi connectivity index (χ3n) is 4.93. The second-order valence-corrected chi connectivity index (χ2v) is 8.85. The largest absolute Gasteiger partial charge is 0.453 e. The van der Waals surface area contributed by atoms with Crippen LogP contribution in [0.3, 0.4) is 0 Å². The number of aryl methyl sites for hydroxylation is 1. The second kappa shape index (κ2) is 8.46. The number of nitrogens with zero attached hydrogens (tertiary/aromatic N) is 1. The van der Waals surface area contributed by atoms with Gasteiger partial charge >= 0.3 is 5.97 Å². The molecule has 31 heavy (non-hydrogen) atoms. The Morgan fingerprint density at radius 2 is 1.77 bits per heavy atom. The van der Waals surface area contributed by atoms with E-state index in [0.29, 0.717) is 21.7 Å². The lowest BCUT2D eigenvalue weighted by molar-refractivity contribution is 0.0479. The number of esters is 1. The van der Waals surface area contributed by atoms with Crippen molar-refractivity contribution in [3.05, 3.63) is 86.2 Å². The van der Waals surface area contributed by atoms with Crippen LogP contribution in [0, 0.1) is 19.7 Å². The molecule has 4 aromatic rings. The molecule has 2 heterocycles. The highest BCUT2D eigenvalue weighted by atomic mass is 35.5. The first kappa shape index (κ1) is 21.6. The molecule has 2 aromatic carbocycles. The highest BCUT2D eigenvalue weighted by Gasteiger charge is 2.22. The monoisotopic (exact) mass is 475 g/mol. The lowest BCUT2D eigenvalue weighted by Crippen LogP contribution is -2.14. The van der Waals surface area contributed by atoms with Gasteiger partial charge in [0.05, 0.1) is 5.02 Å². The maximum Gasteiger partial charge on any atom is 0.350 e. The molecule has 0 radical (unpaired) electrons. The third kappa shape index (κ3) is 4.11. The molecule has 0 fully saturated rings. The Kier molecular flexibility index (Phi) is 5.88. The zero-order chi connectivity index (χ0) is 22.3. The normalized spacial score (nSPS) is 11.1. The second-order valence-electron chi connectivity index (χ2n) is 6.98. The van der Waals surface area contributed by atoms with Crippen LogP contribution in [-0.4, -0.2) is 22.9 Å². The van der Waals surface area contributed by atoms with E-state index in [4.69, 9.17) is 27.9 Å². The summed E-state index contributed by atoms with van der Waals surface area (Å²) in [6, 6.07) is 12.9. The van der Waals surface area contributed by atoms with Gasteiger partial charge in [0.25, 0.3) is 0 Å². The minimum atomic E-state index is -0.664. The Morgan fingerprint density at radius 1 is 1.06 bits per heavy atom. The van der Waals surface area contributed by atoms with Crippen molar-refractivity contribution in [3.63, 3.8) is 0 Å². The maximum absolute atomic E-state index is 13.2. The Morgan fingerprint density at radius 3 is 2.48 bits per heavy atom. The molecular formula is C23H16Cl2FNO3S. The van der Waals surface area contributed by atoms with Crippen molar-refractivity contribution in [1.29, 1.82) is 0 Å². The number of carbonyl (C=O) groups excluding carboxylic acids is 2. The molecule has 8 heteroatoms. The number of aromatic nitrogens is 1. The van der Waals surface area contributed by atoms with E-state index in [-0.39, 0.29) is 21.5 Å². The lowest BCUT2D eigenvalue weighted by Gasteiger charge is -2.10. The maximum atomic E-state index is 13.2. The predicted molar refractivity (Wildman–Crippen MR) is 122 cm³/mol. The molecule has 4 nitrogen and oxygen atoms in total. The van der Waals surface area contributed by atoms with E-state index in [2.05, 4.69) is 0 Å². The number of ketones is 1. The van der Waals surface area contributed by atoms with E-state index in [1.807, 2.05) is 11.5 Å². The Bertz CT molecular complexity index is 1330. The molecule has 0 unspecified atom stereocenters. The van der Waals surface area contributed by atoms with E-state index >= 15 is 0 Å². The molecule has 2 aromatic heterocycles. The molecule has 0 amide bonds. The van der Waals surface area contributed by atoms with Gasteiger partial charge in [-0.3, -0.25) is 4.79 Å². The van der Waals surface area contributed by atoms with E-state index in [1.165, 1.54) is 12.1 Å². The van der Waals surface area contributed by atoms with Crippen molar-refractivity contribution in [2.24, 2.45) is 0 Å². The van der Waals surface area contributed by atoms with Crippen molar-refractivity contribution in [3.8, 4) is 5.69 Å². The summed E-state index contributed by atoms with van der Waals surface area (Å²) in [6.45, 7) is 3.22. The number of benzene rings is 2. The smallest absolute Gasteiger partial charge is 0.350 e. The van der Waals surface area contributed by atoms with Crippen molar-refractivity contribution in [2.45, 2.75) is 13.8 Å². The summed E-state index contributed by atoms with van der Waals surface area (Å²) in [7, 11) is 0. The minimum Gasteiger partial charge on any atom is -0.453 e.